The number of carbonyl (C=O) groups is 1. The second kappa shape index (κ2) is 8.81. The van der Waals surface area contributed by atoms with Crippen molar-refractivity contribution >= 4 is 11.7 Å². The molecule has 1 aromatic carbocycles. The Hall–Kier alpha value is -3.91. The van der Waals surface area contributed by atoms with E-state index in [9.17, 15) is 35.1 Å². The summed E-state index contributed by atoms with van der Waals surface area (Å²) in [4.78, 5) is 49.7. The van der Waals surface area contributed by atoms with E-state index >= 15 is 0 Å². The van der Waals surface area contributed by atoms with Crippen molar-refractivity contribution in [2.45, 2.75) is 6.10 Å². The number of nitro benzene ring substituents is 1. The van der Waals surface area contributed by atoms with Gasteiger partial charge in [0.1, 0.15) is 18.8 Å². The Balaban J connectivity index is 3.06. The molecule has 0 fully saturated rings. The van der Waals surface area contributed by atoms with Crippen LogP contribution in [0.5, 0.6) is 11.5 Å². The molecule has 1 rings (SSSR count). The van der Waals surface area contributed by atoms with Gasteiger partial charge in [-0.05, 0) is 0 Å². The van der Waals surface area contributed by atoms with Crippen molar-refractivity contribution in [1.29, 1.82) is 0 Å². The maximum atomic E-state index is 11.1. The molecule has 0 radical (unpaired) electrons. The number of hydrogen-bond acceptors (Lipinski definition) is 11. The molecule has 26 heavy (non-hydrogen) atoms. The standard InChI is InChI=1S/C11H11N3O12/c1-23-9-2-7(11(15)16)8(12(17)18)3-10(9)24-4-6(26-14(21)22)5-25-13(19)20/h2-3,6H,4-5H2,1H3,(H,15,16). The van der Waals surface area contributed by atoms with Gasteiger partial charge in [-0.2, -0.15) is 0 Å². The number of carboxylic acid groups (broad SMARTS) is 1. The van der Waals surface area contributed by atoms with Gasteiger partial charge in [-0.1, -0.05) is 0 Å². The highest BCUT2D eigenvalue weighted by atomic mass is 17.0. The summed E-state index contributed by atoms with van der Waals surface area (Å²) >= 11 is 0. The zero-order valence-electron chi connectivity index (χ0n) is 12.9. The topological polar surface area (TPSA) is 204 Å². The minimum atomic E-state index is -1.59. The molecule has 1 aromatic rings. The molecule has 1 N–H and O–H groups in total. The highest BCUT2D eigenvalue weighted by Gasteiger charge is 2.25. The van der Waals surface area contributed by atoms with E-state index < -0.39 is 51.6 Å². The third kappa shape index (κ3) is 5.62. The smallest absolute Gasteiger partial charge is 0.342 e. The minimum Gasteiger partial charge on any atom is -0.493 e. The van der Waals surface area contributed by atoms with Crippen LogP contribution in [0.1, 0.15) is 10.4 Å². The molecule has 1 unspecified atom stereocenters. The Bertz CT molecular complexity index is 721. The average Bonchev–Trinajstić information content (AvgIpc) is 2.55. The predicted octanol–water partition coefficient (Wildman–Crippen LogP) is 0.466. The molecule has 15 heteroatoms. The first-order chi connectivity index (χ1) is 12.1. The molecule has 15 nitrogen and oxygen atoms in total. The van der Waals surface area contributed by atoms with Crippen LogP contribution < -0.4 is 9.47 Å². The molecule has 0 saturated carbocycles. The highest BCUT2D eigenvalue weighted by Crippen LogP contribution is 2.34. The van der Waals surface area contributed by atoms with Gasteiger partial charge in [-0.15, -0.1) is 20.2 Å². The number of methoxy groups -OCH3 is 1. The first-order valence-corrected chi connectivity index (χ1v) is 6.46. The molecule has 1 atom stereocenters. The van der Waals surface area contributed by atoms with Crippen molar-refractivity contribution in [3.63, 3.8) is 0 Å². The zero-order valence-corrected chi connectivity index (χ0v) is 12.9. The fraction of sp³-hybridized carbons (Fsp3) is 0.364. The largest absolute Gasteiger partial charge is 0.493 e. The molecule has 0 heterocycles. The number of aromatic carboxylic acids is 1. The molecule has 0 amide bonds. The Kier molecular flexibility index (Phi) is 6.82. The third-order valence-electron chi connectivity index (χ3n) is 2.73. The van der Waals surface area contributed by atoms with Crippen molar-refractivity contribution in [1.82, 2.24) is 0 Å². The SMILES string of the molecule is COc1cc(C(=O)O)c([N+](=O)[O-])cc1OCC(CO[N+](=O)[O-])O[N+](=O)[O-]. The maximum Gasteiger partial charge on any atom is 0.342 e. The number of carboxylic acids is 1. The quantitative estimate of drug-likeness (QED) is 0.412. The van der Waals surface area contributed by atoms with Crippen LogP contribution in [0.25, 0.3) is 0 Å². The average molecular weight is 377 g/mol. The Morgan fingerprint density at radius 1 is 1.12 bits per heavy atom. The first-order valence-electron chi connectivity index (χ1n) is 6.46. The van der Waals surface area contributed by atoms with Gasteiger partial charge in [-0.25, -0.2) is 4.79 Å². The zero-order chi connectivity index (χ0) is 19.9. The van der Waals surface area contributed by atoms with Gasteiger partial charge in [0, 0.05) is 6.07 Å². The van der Waals surface area contributed by atoms with E-state index in [1.807, 2.05) is 0 Å². The van der Waals surface area contributed by atoms with E-state index in [0.717, 1.165) is 19.2 Å². The third-order valence-corrected chi connectivity index (χ3v) is 2.73. The van der Waals surface area contributed by atoms with Crippen LogP contribution in [0.3, 0.4) is 0 Å². The van der Waals surface area contributed by atoms with Crippen LogP contribution in [0, 0.1) is 30.3 Å². The van der Waals surface area contributed by atoms with Crippen molar-refractivity contribution < 1.29 is 44.1 Å². The summed E-state index contributed by atoms with van der Waals surface area (Å²) in [6.45, 7) is -1.54. The molecule has 0 bridgehead atoms. The van der Waals surface area contributed by atoms with Crippen LogP contribution in [0.15, 0.2) is 12.1 Å². The molecule has 0 aliphatic heterocycles. The van der Waals surface area contributed by atoms with Gasteiger partial charge < -0.3 is 24.3 Å². The summed E-state index contributed by atoms with van der Waals surface area (Å²) < 4.78 is 9.95. The van der Waals surface area contributed by atoms with Gasteiger partial charge in [0.25, 0.3) is 15.9 Å². The lowest BCUT2D eigenvalue weighted by atomic mass is 10.1. The minimum absolute atomic E-state index is 0.219. The van der Waals surface area contributed by atoms with Crippen LogP contribution in [-0.4, -0.2) is 52.6 Å². The van der Waals surface area contributed by atoms with Crippen molar-refractivity contribution in [3.05, 3.63) is 48.0 Å². The number of ether oxygens (including phenoxy) is 2. The van der Waals surface area contributed by atoms with Crippen LogP contribution in [0.2, 0.25) is 0 Å². The number of nitro groups is 1. The van der Waals surface area contributed by atoms with E-state index in [-0.39, 0.29) is 11.5 Å². The van der Waals surface area contributed by atoms with Gasteiger partial charge in [0.05, 0.1) is 18.1 Å². The second-order valence-corrected chi connectivity index (χ2v) is 4.36. The van der Waals surface area contributed by atoms with E-state index in [0.29, 0.717) is 0 Å². The van der Waals surface area contributed by atoms with E-state index in [2.05, 4.69) is 9.68 Å². The second-order valence-electron chi connectivity index (χ2n) is 4.36. The summed E-state index contributed by atoms with van der Waals surface area (Å²) in [6.07, 6.45) is -1.54. The molecular formula is C11H11N3O12. The van der Waals surface area contributed by atoms with Gasteiger partial charge in [-0.3, -0.25) is 10.1 Å². The van der Waals surface area contributed by atoms with E-state index in [1.54, 1.807) is 0 Å². The normalized spacial score (nSPS) is 11.1. The Morgan fingerprint density at radius 3 is 2.23 bits per heavy atom. The van der Waals surface area contributed by atoms with E-state index in [4.69, 9.17) is 14.6 Å². The summed E-state index contributed by atoms with van der Waals surface area (Å²) in [6, 6.07) is 1.56. The summed E-state index contributed by atoms with van der Waals surface area (Å²) in [5.74, 6) is -2.14. The molecule has 142 valence electrons. The fourth-order valence-corrected chi connectivity index (χ4v) is 1.70. The first kappa shape index (κ1) is 20.1. The van der Waals surface area contributed by atoms with Crippen LogP contribution in [0.4, 0.5) is 5.69 Å². The molecule has 0 aliphatic rings. The highest BCUT2D eigenvalue weighted by molar-refractivity contribution is 5.93. The van der Waals surface area contributed by atoms with Gasteiger partial charge in [0.2, 0.25) is 0 Å². The number of hydrogen-bond donors (Lipinski definition) is 1. The monoisotopic (exact) mass is 377 g/mol. The fourth-order valence-electron chi connectivity index (χ4n) is 1.70. The van der Waals surface area contributed by atoms with Crippen LogP contribution >= 0.6 is 0 Å². The number of nitrogens with zero attached hydrogens (tertiary/aromatic N) is 3. The summed E-state index contributed by atoms with van der Waals surface area (Å²) in [5.41, 5.74) is -1.49. The Labute approximate surface area is 143 Å². The van der Waals surface area contributed by atoms with E-state index in [1.165, 1.54) is 0 Å². The lowest BCUT2D eigenvalue weighted by molar-refractivity contribution is -0.790. The van der Waals surface area contributed by atoms with Crippen molar-refractivity contribution in [2.24, 2.45) is 0 Å². The Morgan fingerprint density at radius 2 is 1.77 bits per heavy atom. The molecule has 0 aromatic heterocycles. The maximum absolute atomic E-state index is 11.1. The number of rotatable bonds is 11. The molecule has 0 spiro atoms. The summed E-state index contributed by atoms with van der Waals surface area (Å²) in [7, 11) is 1.13. The number of benzene rings is 1. The van der Waals surface area contributed by atoms with Crippen molar-refractivity contribution in [2.75, 3.05) is 20.3 Å². The molecular weight excluding hydrogens is 366 g/mol. The molecule has 0 saturated heterocycles. The van der Waals surface area contributed by atoms with Gasteiger partial charge >= 0.3 is 5.97 Å². The van der Waals surface area contributed by atoms with Crippen molar-refractivity contribution in [3.8, 4) is 11.5 Å². The summed E-state index contributed by atoms with van der Waals surface area (Å²) in [5, 5.41) is 38.1. The van der Waals surface area contributed by atoms with Gasteiger partial charge in [0.15, 0.2) is 17.6 Å². The lowest BCUT2D eigenvalue weighted by Gasteiger charge is -2.16. The predicted molar refractivity (Wildman–Crippen MR) is 76.9 cm³/mol. The molecule has 0 aliphatic carbocycles. The lowest BCUT2D eigenvalue weighted by Crippen LogP contribution is -2.30. The van der Waals surface area contributed by atoms with Crippen LogP contribution in [-0.2, 0) is 9.68 Å².